The molecule has 4 rings (SSSR count). The summed E-state index contributed by atoms with van der Waals surface area (Å²) < 4.78 is 4.64. The second-order valence-corrected chi connectivity index (χ2v) is 7.24. The van der Waals surface area contributed by atoms with Crippen LogP contribution >= 0.6 is 0 Å². The highest BCUT2D eigenvalue weighted by Gasteiger charge is 2.23. The highest BCUT2D eigenvalue weighted by Crippen LogP contribution is 2.31. The Morgan fingerprint density at radius 1 is 0.818 bits per heavy atom. The standard InChI is InChI=1S/C19H21N3/c1-12-6-8-15-14(10-12)20-18-21(15)17-11-13(2)7-9-16(17)22(18)19(3,4)5/h6-11H,1-5H3. The number of imidazole rings is 2. The number of rotatable bonds is 0. The third-order valence-electron chi connectivity index (χ3n) is 4.28. The molecule has 0 atom stereocenters. The lowest BCUT2D eigenvalue weighted by atomic mass is 10.1. The van der Waals surface area contributed by atoms with Gasteiger partial charge in [-0.05, 0) is 70.0 Å². The number of benzene rings is 2. The molecule has 0 radical (unpaired) electrons. The molecule has 2 aromatic heterocycles. The van der Waals surface area contributed by atoms with Crippen LogP contribution < -0.4 is 0 Å². The van der Waals surface area contributed by atoms with E-state index >= 15 is 0 Å². The van der Waals surface area contributed by atoms with Gasteiger partial charge in [-0.1, -0.05) is 12.1 Å². The topological polar surface area (TPSA) is 22.2 Å². The fraction of sp³-hybridized carbons (Fsp3) is 0.316. The van der Waals surface area contributed by atoms with E-state index in [1.54, 1.807) is 0 Å². The predicted octanol–water partition coefficient (Wildman–Crippen LogP) is 4.81. The van der Waals surface area contributed by atoms with Gasteiger partial charge in [0.2, 0.25) is 5.78 Å². The van der Waals surface area contributed by atoms with Gasteiger partial charge in [0.1, 0.15) is 0 Å². The lowest BCUT2D eigenvalue weighted by Crippen LogP contribution is -2.21. The predicted molar refractivity (Wildman–Crippen MR) is 92.7 cm³/mol. The van der Waals surface area contributed by atoms with Crippen molar-refractivity contribution < 1.29 is 0 Å². The van der Waals surface area contributed by atoms with Crippen molar-refractivity contribution in [2.75, 3.05) is 0 Å². The van der Waals surface area contributed by atoms with Gasteiger partial charge in [0, 0.05) is 5.54 Å². The fourth-order valence-corrected chi connectivity index (χ4v) is 3.34. The molecule has 0 saturated heterocycles. The van der Waals surface area contributed by atoms with E-state index in [1.807, 2.05) is 0 Å². The second-order valence-electron chi connectivity index (χ2n) is 7.24. The lowest BCUT2D eigenvalue weighted by Gasteiger charge is -2.22. The van der Waals surface area contributed by atoms with Gasteiger partial charge in [-0.15, -0.1) is 0 Å². The van der Waals surface area contributed by atoms with E-state index in [9.17, 15) is 0 Å². The summed E-state index contributed by atoms with van der Waals surface area (Å²) >= 11 is 0. The van der Waals surface area contributed by atoms with Crippen LogP contribution in [0.3, 0.4) is 0 Å². The Hall–Kier alpha value is -2.29. The van der Waals surface area contributed by atoms with Crippen LogP contribution in [0.5, 0.6) is 0 Å². The van der Waals surface area contributed by atoms with Crippen LogP contribution in [0.1, 0.15) is 31.9 Å². The first-order valence-electron chi connectivity index (χ1n) is 7.76. The molecule has 0 aliphatic heterocycles. The Morgan fingerprint density at radius 3 is 2.14 bits per heavy atom. The minimum Gasteiger partial charge on any atom is -0.304 e. The smallest absolute Gasteiger partial charge is 0.216 e. The van der Waals surface area contributed by atoms with Crippen LogP contribution in [0, 0.1) is 13.8 Å². The first-order chi connectivity index (χ1) is 10.4. The maximum Gasteiger partial charge on any atom is 0.216 e. The van der Waals surface area contributed by atoms with Gasteiger partial charge in [0.05, 0.1) is 22.1 Å². The van der Waals surface area contributed by atoms with Gasteiger partial charge in [-0.2, -0.15) is 0 Å². The number of aryl methyl sites for hydroxylation is 2. The summed E-state index contributed by atoms with van der Waals surface area (Å²) in [6, 6.07) is 13.1. The average Bonchev–Trinajstić information content (AvgIpc) is 2.90. The van der Waals surface area contributed by atoms with E-state index in [0.717, 1.165) is 11.3 Å². The number of hydrogen-bond acceptors (Lipinski definition) is 1. The first kappa shape index (κ1) is 13.4. The highest BCUT2D eigenvalue weighted by molar-refractivity contribution is 5.91. The van der Waals surface area contributed by atoms with Crippen molar-refractivity contribution in [2.24, 2.45) is 0 Å². The SMILES string of the molecule is Cc1ccc2c(c1)nc1n(C(C)(C)C)c3ccc(C)cc3n21. The van der Waals surface area contributed by atoms with Gasteiger partial charge < -0.3 is 4.57 Å². The third-order valence-corrected chi connectivity index (χ3v) is 4.28. The van der Waals surface area contributed by atoms with E-state index in [-0.39, 0.29) is 5.54 Å². The molecule has 2 aromatic carbocycles. The van der Waals surface area contributed by atoms with E-state index in [1.165, 1.54) is 27.7 Å². The van der Waals surface area contributed by atoms with Gasteiger partial charge in [0.25, 0.3) is 0 Å². The molecule has 0 aliphatic rings. The van der Waals surface area contributed by atoms with Gasteiger partial charge in [-0.3, -0.25) is 4.40 Å². The minimum atomic E-state index is -0.0192. The molecule has 22 heavy (non-hydrogen) atoms. The number of aromatic nitrogens is 3. The van der Waals surface area contributed by atoms with E-state index in [2.05, 4.69) is 80.0 Å². The van der Waals surface area contributed by atoms with Crippen LogP contribution in [0.2, 0.25) is 0 Å². The van der Waals surface area contributed by atoms with E-state index in [4.69, 9.17) is 4.98 Å². The first-order valence-corrected chi connectivity index (χ1v) is 7.76. The van der Waals surface area contributed by atoms with Crippen LogP contribution in [0.25, 0.3) is 27.8 Å². The molecule has 112 valence electrons. The maximum atomic E-state index is 4.94. The number of fused-ring (bicyclic) bond motifs is 5. The highest BCUT2D eigenvalue weighted by atomic mass is 15.2. The Bertz CT molecular complexity index is 1030. The second kappa shape index (κ2) is 4.13. The molecule has 0 spiro atoms. The number of hydrogen-bond donors (Lipinski definition) is 0. The summed E-state index contributed by atoms with van der Waals surface area (Å²) in [7, 11) is 0. The van der Waals surface area contributed by atoms with E-state index < -0.39 is 0 Å². The van der Waals surface area contributed by atoms with Crippen LogP contribution in [0.4, 0.5) is 0 Å². The summed E-state index contributed by atoms with van der Waals surface area (Å²) in [5.41, 5.74) is 7.22. The molecule has 0 amide bonds. The zero-order valence-corrected chi connectivity index (χ0v) is 13.8. The zero-order chi connectivity index (χ0) is 15.6. The van der Waals surface area contributed by atoms with Crippen LogP contribution in [-0.2, 0) is 5.54 Å². The Labute approximate surface area is 130 Å². The summed E-state index contributed by atoms with van der Waals surface area (Å²) in [5.74, 6) is 1.02. The van der Waals surface area contributed by atoms with E-state index in [0.29, 0.717) is 0 Å². The van der Waals surface area contributed by atoms with Crippen LogP contribution in [-0.4, -0.2) is 14.0 Å². The normalized spacial score (nSPS) is 12.8. The molecule has 2 heterocycles. The summed E-state index contributed by atoms with van der Waals surface area (Å²) in [5, 5.41) is 0. The van der Waals surface area contributed by atoms with Gasteiger partial charge in [-0.25, -0.2) is 4.98 Å². The van der Waals surface area contributed by atoms with Gasteiger partial charge in [0.15, 0.2) is 0 Å². The number of nitrogens with zero attached hydrogens (tertiary/aromatic N) is 3. The van der Waals surface area contributed by atoms with Crippen molar-refractivity contribution in [1.29, 1.82) is 0 Å². The summed E-state index contributed by atoms with van der Waals surface area (Å²) in [6.07, 6.45) is 0. The zero-order valence-electron chi connectivity index (χ0n) is 13.8. The fourth-order valence-electron chi connectivity index (χ4n) is 3.34. The van der Waals surface area contributed by atoms with Crippen molar-refractivity contribution in [2.45, 2.75) is 40.2 Å². The molecule has 4 aromatic rings. The molecule has 3 heteroatoms. The quantitative estimate of drug-likeness (QED) is 0.455. The summed E-state index contributed by atoms with van der Waals surface area (Å²) in [4.78, 5) is 4.94. The molecule has 3 nitrogen and oxygen atoms in total. The molecule has 0 saturated carbocycles. The van der Waals surface area contributed by atoms with Crippen molar-refractivity contribution in [3.05, 3.63) is 47.5 Å². The Balaban J connectivity index is 2.31. The third kappa shape index (κ3) is 1.71. The molecular weight excluding hydrogens is 270 g/mol. The molecule has 0 fully saturated rings. The molecule has 0 N–H and O–H groups in total. The maximum absolute atomic E-state index is 4.94. The average molecular weight is 291 g/mol. The molecular formula is C19H21N3. The van der Waals surface area contributed by atoms with Crippen molar-refractivity contribution in [3.63, 3.8) is 0 Å². The molecule has 0 bridgehead atoms. The van der Waals surface area contributed by atoms with Crippen LogP contribution in [0.15, 0.2) is 36.4 Å². The lowest BCUT2D eigenvalue weighted by molar-refractivity contribution is 0.419. The van der Waals surface area contributed by atoms with Crippen molar-refractivity contribution >= 4 is 27.8 Å². The minimum absolute atomic E-state index is 0.0192. The molecule has 0 aliphatic carbocycles. The molecule has 0 unspecified atom stereocenters. The largest absolute Gasteiger partial charge is 0.304 e. The monoisotopic (exact) mass is 291 g/mol. The van der Waals surface area contributed by atoms with Crippen molar-refractivity contribution in [1.82, 2.24) is 14.0 Å². The Morgan fingerprint density at radius 2 is 1.45 bits per heavy atom. The van der Waals surface area contributed by atoms with Gasteiger partial charge >= 0.3 is 0 Å². The van der Waals surface area contributed by atoms with Crippen molar-refractivity contribution in [3.8, 4) is 0 Å². The summed E-state index contributed by atoms with van der Waals surface area (Å²) in [6.45, 7) is 11.0. The Kier molecular flexibility index (Phi) is 2.51.